The first-order valence-electron chi connectivity index (χ1n) is 5.59. The lowest BCUT2D eigenvalue weighted by Gasteiger charge is -2.09. The summed E-state index contributed by atoms with van der Waals surface area (Å²) in [5, 5.41) is 0. The molecule has 0 aromatic heterocycles. The van der Waals surface area contributed by atoms with Crippen LogP contribution < -0.4 is 0 Å². The molecule has 0 aliphatic heterocycles. The highest BCUT2D eigenvalue weighted by atomic mass is 19.4. The third-order valence-electron chi connectivity index (χ3n) is 2.20. The molecule has 130 valence electrons. The number of rotatable bonds is 2. The van der Waals surface area contributed by atoms with E-state index >= 15 is 0 Å². The van der Waals surface area contributed by atoms with Crippen LogP contribution in [-0.4, -0.2) is 36.2 Å². The number of benzene rings is 1. The summed E-state index contributed by atoms with van der Waals surface area (Å²) in [5.41, 5.74) is -2.01. The van der Waals surface area contributed by atoms with Gasteiger partial charge in [-0.05, 0) is 12.1 Å². The highest BCUT2D eigenvalue weighted by Gasteiger charge is 2.44. The van der Waals surface area contributed by atoms with E-state index in [0.717, 1.165) is 12.1 Å². The van der Waals surface area contributed by atoms with E-state index < -0.39 is 47.4 Å². The molecule has 0 spiro atoms. The van der Waals surface area contributed by atoms with Crippen molar-refractivity contribution in [2.75, 3.05) is 0 Å². The molecule has 0 N–H and O–H groups in total. The molecule has 0 heterocycles. The molecular weight excluding hydrogens is 354 g/mol. The van der Waals surface area contributed by atoms with E-state index in [1.165, 1.54) is 0 Å². The molecule has 0 bridgehead atoms. The normalized spacial score (nSPS) is 11.6. The minimum absolute atomic E-state index is 0.681. The van der Waals surface area contributed by atoms with Gasteiger partial charge in [-0.15, -0.1) is 0 Å². The van der Waals surface area contributed by atoms with Gasteiger partial charge >= 0.3 is 36.2 Å². The van der Waals surface area contributed by atoms with Crippen LogP contribution in [0.15, 0.2) is 24.3 Å². The zero-order chi connectivity index (χ0) is 18.7. The van der Waals surface area contributed by atoms with Gasteiger partial charge in [0.2, 0.25) is 0 Å². The summed E-state index contributed by atoms with van der Waals surface area (Å²) in [6.45, 7) is 0. The molecule has 1 rings (SSSR count). The van der Waals surface area contributed by atoms with Crippen LogP contribution in [0.25, 0.3) is 0 Å². The van der Waals surface area contributed by atoms with E-state index in [2.05, 4.69) is 9.47 Å². The number of hydrogen-bond donors (Lipinski definition) is 0. The molecule has 0 aliphatic carbocycles. The van der Waals surface area contributed by atoms with Gasteiger partial charge in [0.15, 0.2) is 0 Å². The van der Waals surface area contributed by atoms with E-state index in [1.54, 1.807) is 0 Å². The molecule has 0 unspecified atom stereocenters. The lowest BCUT2D eigenvalue weighted by atomic mass is 10.1. The SMILES string of the molecule is O=C(OC(=O)C(F)(F)F)c1ccccc1C(=O)OC(=O)C(F)(F)F. The number of halogens is 6. The minimum atomic E-state index is -5.52. The average Bonchev–Trinajstić information content (AvgIpc) is 2.45. The second kappa shape index (κ2) is 6.68. The predicted molar refractivity (Wildman–Crippen MR) is 59.4 cm³/mol. The monoisotopic (exact) mass is 358 g/mol. The third kappa shape index (κ3) is 4.79. The van der Waals surface area contributed by atoms with Crippen LogP contribution in [0.1, 0.15) is 20.7 Å². The smallest absolute Gasteiger partial charge is 0.383 e. The maximum absolute atomic E-state index is 12.0. The van der Waals surface area contributed by atoms with Crippen LogP contribution in [0.3, 0.4) is 0 Å². The standard InChI is InChI=1S/C12H4F6O6/c13-11(14,15)9(21)23-7(19)5-3-1-2-4-6(5)8(20)24-10(22)12(16,17)18/h1-4H. The Kier molecular flexibility index (Phi) is 5.32. The Balaban J connectivity index is 3.04. The molecule has 12 heteroatoms. The van der Waals surface area contributed by atoms with Gasteiger partial charge in [0.25, 0.3) is 0 Å². The Labute approximate surface area is 127 Å². The Morgan fingerprint density at radius 3 is 1.21 bits per heavy atom. The molecule has 1 aromatic rings. The van der Waals surface area contributed by atoms with Crippen molar-refractivity contribution >= 4 is 23.9 Å². The van der Waals surface area contributed by atoms with E-state index in [9.17, 15) is 45.5 Å². The van der Waals surface area contributed by atoms with Crippen LogP contribution >= 0.6 is 0 Å². The number of ether oxygens (including phenoxy) is 2. The Bertz CT molecular complexity index is 631. The van der Waals surface area contributed by atoms with Gasteiger partial charge in [0, 0.05) is 0 Å². The predicted octanol–water partition coefficient (Wildman–Crippen LogP) is 2.18. The number of esters is 4. The van der Waals surface area contributed by atoms with Crippen molar-refractivity contribution in [1.82, 2.24) is 0 Å². The fraction of sp³-hybridized carbons (Fsp3) is 0.167. The second-order valence-electron chi connectivity index (χ2n) is 3.90. The van der Waals surface area contributed by atoms with Crippen LogP contribution in [0.5, 0.6) is 0 Å². The topological polar surface area (TPSA) is 86.7 Å². The van der Waals surface area contributed by atoms with Gasteiger partial charge in [-0.2, -0.15) is 26.3 Å². The zero-order valence-corrected chi connectivity index (χ0v) is 11.0. The van der Waals surface area contributed by atoms with E-state index in [0.29, 0.717) is 12.1 Å². The lowest BCUT2D eigenvalue weighted by Crippen LogP contribution is -2.30. The maximum Gasteiger partial charge on any atom is 0.491 e. The van der Waals surface area contributed by atoms with E-state index in [-0.39, 0.29) is 0 Å². The molecule has 0 aliphatic rings. The summed E-state index contributed by atoms with van der Waals surface area (Å²) in [6, 6.07) is 3.38. The van der Waals surface area contributed by atoms with Gasteiger partial charge in [0.1, 0.15) is 0 Å². The van der Waals surface area contributed by atoms with E-state index in [4.69, 9.17) is 0 Å². The maximum atomic E-state index is 12.0. The van der Waals surface area contributed by atoms with Crippen molar-refractivity contribution in [2.45, 2.75) is 12.4 Å². The van der Waals surface area contributed by atoms with Gasteiger partial charge in [-0.3, -0.25) is 0 Å². The quantitative estimate of drug-likeness (QED) is 0.458. The summed E-state index contributed by atoms with van der Waals surface area (Å²) in [4.78, 5) is 44.0. The molecular formula is C12H4F6O6. The van der Waals surface area contributed by atoms with Gasteiger partial charge < -0.3 is 9.47 Å². The summed E-state index contributed by atoms with van der Waals surface area (Å²) in [5.74, 6) is -9.74. The fourth-order valence-corrected chi connectivity index (χ4v) is 1.23. The van der Waals surface area contributed by atoms with Crippen molar-refractivity contribution in [1.29, 1.82) is 0 Å². The highest BCUT2D eigenvalue weighted by molar-refractivity contribution is 6.08. The molecule has 24 heavy (non-hydrogen) atoms. The first-order chi connectivity index (χ1) is 10.8. The summed E-state index contributed by atoms with van der Waals surface area (Å²) >= 11 is 0. The van der Waals surface area contributed by atoms with Crippen LogP contribution in [0.4, 0.5) is 26.3 Å². The number of carbonyl (C=O) groups excluding carboxylic acids is 4. The minimum Gasteiger partial charge on any atom is -0.383 e. The molecule has 0 fully saturated rings. The molecule has 0 atom stereocenters. The number of carbonyl (C=O) groups is 4. The first kappa shape index (κ1) is 19.1. The number of hydrogen-bond acceptors (Lipinski definition) is 6. The highest BCUT2D eigenvalue weighted by Crippen LogP contribution is 2.21. The lowest BCUT2D eigenvalue weighted by molar-refractivity contribution is -0.193. The van der Waals surface area contributed by atoms with Crippen LogP contribution in [0, 0.1) is 0 Å². The zero-order valence-electron chi connectivity index (χ0n) is 11.0. The molecule has 0 saturated heterocycles. The molecule has 6 nitrogen and oxygen atoms in total. The molecule has 0 amide bonds. The van der Waals surface area contributed by atoms with Crippen molar-refractivity contribution in [2.24, 2.45) is 0 Å². The molecule has 0 radical (unpaired) electrons. The summed E-state index contributed by atoms with van der Waals surface area (Å²) in [6.07, 6.45) is -11.0. The fourth-order valence-electron chi connectivity index (χ4n) is 1.23. The summed E-state index contributed by atoms with van der Waals surface area (Å²) in [7, 11) is 0. The summed E-state index contributed by atoms with van der Waals surface area (Å²) < 4.78 is 78.9. The first-order valence-corrected chi connectivity index (χ1v) is 5.59. The average molecular weight is 358 g/mol. The Hall–Kier alpha value is -2.92. The van der Waals surface area contributed by atoms with Crippen molar-refractivity contribution in [3.63, 3.8) is 0 Å². The van der Waals surface area contributed by atoms with Gasteiger partial charge in [-0.1, -0.05) is 12.1 Å². The van der Waals surface area contributed by atoms with Crippen LogP contribution in [0.2, 0.25) is 0 Å². The second-order valence-corrected chi connectivity index (χ2v) is 3.90. The third-order valence-corrected chi connectivity index (χ3v) is 2.20. The van der Waals surface area contributed by atoms with Gasteiger partial charge in [-0.25, -0.2) is 19.2 Å². The van der Waals surface area contributed by atoms with Crippen molar-refractivity contribution in [3.05, 3.63) is 35.4 Å². The van der Waals surface area contributed by atoms with Crippen molar-refractivity contribution in [3.8, 4) is 0 Å². The molecule has 0 saturated carbocycles. The Morgan fingerprint density at radius 2 is 0.958 bits per heavy atom. The van der Waals surface area contributed by atoms with Crippen LogP contribution in [-0.2, 0) is 19.1 Å². The largest absolute Gasteiger partial charge is 0.491 e. The Morgan fingerprint density at radius 1 is 0.667 bits per heavy atom. The number of alkyl halides is 6. The molecule has 1 aromatic carbocycles. The van der Waals surface area contributed by atoms with E-state index in [1.807, 2.05) is 0 Å². The van der Waals surface area contributed by atoms with Crippen molar-refractivity contribution < 1.29 is 55.0 Å². The van der Waals surface area contributed by atoms with Gasteiger partial charge in [0.05, 0.1) is 11.1 Å².